The van der Waals surface area contributed by atoms with E-state index in [1.165, 1.54) is 108 Å². The van der Waals surface area contributed by atoms with Crippen LogP contribution in [0.15, 0.2) is 24.3 Å². The lowest BCUT2D eigenvalue weighted by Crippen LogP contribution is -2.62. The number of aliphatic hydroxyl groups is 1. The van der Waals surface area contributed by atoms with Gasteiger partial charge in [-0.2, -0.15) is 0 Å². The Morgan fingerprint density at radius 3 is 1.89 bits per heavy atom. The number of nitrogens with one attached hydrogen (secondary N) is 3. The Balaban J connectivity index is 1.71. The molecule has 0 saturated carbocycles. The summed E-state index contributed by atoms with van der Waals surface area (Å²) in [5.41, 5.74) is 0.589. The van der Waals surface area contributed by atoms with Crippen LogP contribution >= 0.6 is 0 Å². The van der Waals surface area contributed by atoms with Crippen molar-refractivity contribution in [3.8, 4) is 5.75 Å². The van der Waals surface area contributed by atoms with E-state index in [0.29, 0.717) is 50.0 Å². The predicted molar refractivity (Wildman–Crippen MR) is 344 cm³/mol. The number of cyclic esters (lactones) is 2. The number of nitrogens with zero attached hydrogens (tertiary/aromatic N) is 4. The molecule has 7 amide bonds. The van der Waals surface area contributed by atoms with Crippen molar-refractivity contribution in [3.05, 3.63) is 29.8 Å². The van der Waals surface area contributed by atoms with Crippen molar-refractivity contribution in [3.63, 3.8) is 0 Å². The summed E-state index contributed by atoms with van der Waals surface area (Å²) in [5.74, 6) is -9.37. The largest absolute Gasteiger partial charge is 0.497 e. The van der Waals surface area contributed by atoms with Crippen molar-refractivity contribution in [1.29, 1.82) is 0 Å². The van der Waals surface area contributed by atoms with Crippen LogP contribution < -0.4 is 20.7 Å². The molecular weight excluding hydrogens is 1150 g/mol. The molecule has 508 valence electrons. The van der Waals surface area contributed by atoms with Gasteiger partial charge in [0.25, 0.3) is 0 Å². The fourth-order valence-corrected chi connectivity index (χ4v) is 12.6. The smallest absolute Gasteiger partial charge is 0.329 e. The van der Waals surface area contributed by atoms with Crippen molar-refractivity contribution >= 4 is 59.1 Å². The van der Waals surface area contributed by atoms with Crippen LogP contribution in [0.5, 0.6) is 5.75 Å². The average molecular weight is 1260 g/mol. The number of likely N-dealkylation sites (tertiary alicyclic amines) is 1. The molecule has 0 bridgehead atoms. The molecule has 4 N–H and O–H groups in total. The number of hydrogen-bond donors (Lipinski definition) is 4. The molecule has 0 spiro atoms. The van der Waals surface area contributed by atoms with Gasteiger partial charge in [0.15, 0.2) is 11.9 Å². The molecule has 21 heteroatoms. The zero-order chi connectivity index (χ0) is 66.9. The summed E-state index contributed by atoms with van der Waals surface area (Å²) in [7, 11) is 4.43. The summed E-state index contributed by atoms with van der Waals surface area (Å²) in [6.07, 6.45) is 12.0. The summed E-state index contributed by atoms with van der Waals surface area (Å²) >= 11 is 0. The van der Waals surface area contributed by atoms with Gasteiger partial charge in [-0.15, -0.1) is 0 Å². The lowest BCUT2D eigenvalue weighted by atomic mass is 9.92. The molecule has 4 rings (SSSR count). The highest BCUT2D eigenvalue weighted by Crippen LogP contribution is 2.28. The molecule has 21 nitrogen and oxygen atoms in total. The van der Waals surface area contributed by atoms with Crippen molar-refractivity contribution in [1.82, 2.24) is 35.6 Å². The summed E-state index contributed by atoms with van der Waals surface area (Å²) in [6.45, 7) is 19.6. The zero-order valence-electron chi connectivity index (χ0n) is 57.0. The number of methoxy groups -OCH3 is 1. The van der Waals surface area contributed by atoms with Crippen LogP contribution in [0.25, 0.3) is 0 Å². The minimum absolute atomic E-state index is 0.113. The number of aliphatic hydroxyl groups excluding tert-OH is 1. The molecule has 0 radical (unpaired) electrons. The summed E-state index contributed by atoms with van der Waals surface area (Å²) in [6, 6.07) is -1.79. The first-order valence-corrected chi connectivity index (χ1v) is 33.9. The minimum Gasteiger partial charge on any atom is -0.497 e. The van der Waals surface area contributed by atoms with E-state index in [0.717, 1.165) is 19.3 Å². The Bertz CT molecular complexity index is 2510. The van der Waals surface area contributed by atoms with Gasteiger partial charge >= 0.3 is 11.9 Å². The highest BCUT2D eigenvalue weighted by atomic mass is 16.6. The number of benzene rings is 1. The second kappa shape index (κ2) is 38.0. The molecule has 11 atom stereocenters. The van der Waals surface area contributed by atoms with Gasteiger partial charge < -0.3 is 54.9 Å². The Morgan fingerprint density at radius 2 is 1.33 bits per heavy atom. The number of ketones is 1. The molecule has 3 aliphatic heterocycles. The molecular formula is C69H113N7O14. The maximum absolute atomic E-state index is 15.1. The van der Waals surface area contributed by atoms with Gasteiger partial charge in [0.2, 0.25) is 41.4 Å². The monoisotopic (exact) mass is 1260 g/mol. The second-order valence-corrected chi connectivity index (χ2v) is 27.2. The van der Waals surface area contributed by atoms with E-state index in [2.05, 4.69) is 22.9 Å². The molecule has 1 aromatic carbocycles. The number of hydrogen-bond acceptors (Lipinski definition) is 14. The Labute approximate surface area is 537 Å². The number of likely N-dealkylation sites (N-methyl/N-ethyl adjacent to an activating group) is 2. The molecule has 3 saturated heterocycles. The third kappa shape index (κ3) is 22.9. The highest BCUT2D eigenvalue weighted by Gasteiger charge is 2.46. The van der Waals surface area contributed by atoms with Gasteiger partial charge in [0.05, 0.1) is 31.6 Å². The van der Waals surface area contributed by atoms with E-state index < -0.39 is 138 Å². The van der Waals surface area contributed by atoms with E-state index in [-0.39, 0.29) is 50.0 Å². The van der Waals surface area contributed by atoms with E-state index in [4.69, 9.17) is 14.2 Å². The number of carbonyl (C=O) groups is 10. The van der Waals surface area contributed by atoms with Crippen LogP contribution in [0.2, 0.25) is 0 Å². The maximum atomic E-state index is 15.1. The van der Waals surface area contributed by atoms with Gasteiger partial charge in [-0.25, -0.2) is 4.79 Å². The van der Waals surface area contributed by atoms with Crippen LogP contribution in [0.1, 0.15) is 217 Å². The summed E-state index contributed by atoms with van der Waals surface area (Å²) in [5, 5.41) is 20.2. The number of unbranched alkanes of at least 4 members (excludes halogenated alkanes) is 12. The summed E-state index contributed by atoms with van der Waals surface area (Å²) < 4.78 is 17.3. The number of esters is 2. The first kappa shape index (κ1) is 76.3. The van der Waals surface area contributed by atoms with Crippen LogP contribution in [-0.4, -0.2) is 179 Å². The van der Waals surface area contributed by atoms with Crippen molar-refractivity contribution < 1.29 is 67.3 Å². The number of Topliss-reactive ketones (excluding diaryl/α,β-unsaturated/α-hetero) is 1. The Hall–Kier alpha value is -6.12. The van der Waals surface area contributed by atoms with Crippen LogP contribution in [0.3, 0.4) is 0 Å². The molecule has 3 aliphatic rings. The first-order valence-electron chi connectivity index (χ1n) is 33.9. The van der Waals surface area contributed by atoms with E-state index >= 15 is 14.4 Å². The predicted octanol–water partition coefficient (Wildman–Crippen LogP) is 8.03. The van der Waals surface area contributed by atoms with Gasteiger partial charge in [0, 0.05) is 40.0 Å². The molecule has 1 unspecified atom stereocenters. The lowest BCUT2D eigenvalue weighted by molar-refractivity contribution is -0.163. The molecule has 0 aromatic heterocycles. The normalized spacial score (nSPS) is 25.1. The molecule has 0 aliphatic carbocycles. The average Bonchev–Trinajstić information content (AvgIpc) is 2.15. The highest BCUT2D eigenvalue weighted by molar-refractivity contribution is 6.05. The number of rotatable bonds is 27. The second-order valence-electron chi connectivity index (χ2n) is 27.2. The standard InChI is InChI=1S/C69H113N7O14/c1-15-16-17-18-19-20-21-22-23-24-25-26-27-32-57(78)75-37-28-30-52(75)67(85)73(12)54(40-44(4)5)64(82)72-60-48(11)89-69(87)55(41-49-33-35-50(88-14)36-34-49)74(13)68(86)53-31-29-38-76(53)66(84)51(39-43(2)3)70-63(81)47(10)61(80)62(46(8)9)90-58(79)42-56(77)59(45(6)7)71-65(60)83/h33-36,43-48,51-56,59-60,62,77H,15-32,37-42H2,1-14H3,(H,70,81)(H,71,83)(H,72,82)/t47-,48+,51-,52-,53-,54+,55-,56-,59+,60-,62?/m0/s1. The fraction of sp³-hybridized carbons (Fsp3) is 0.768. The molecule has 90 heavy (non-hydrogen) atoms. The zero-order valence-corrected chi connectivity index (χ0v) is 57.0. The number of ether oxygens (including phenoxy) is 3. The SMILES string of the molecule is CCCCCCCCCCCCCCCC(=O)N1CCC[C@H]1C(=O)N(C)[C@H](CC(C)C)C(=O)N[C@@H]1C(=O)N[C@H](C(C)C)[C@@H](O)CC(=O)OC(C(C)C)C(=O)[C@H](C)C(=O)N[C@@H](CC(C)C)C(=O)N2CCC[C@H]2C(=O)N(C)[C@@H](Cc2ccc(OC)cc2)C(=O)O[C@@H]1C. The van der Waals surface area contributed by atoms with E-state index in [9.17, 15) is 38.7 Å². The number of fused-ring (bicyclic) bond motifs is 1. The Morgan fingerprint density at radius 1 is 0.744 bits per heavy atom. The third-order valence-corrected chi connectivity index (χ3v) is 18.1. The number of amides is 7. The van der Waals surface area contributed by atoms with E-state index in [1.54, 1.807) is 56.9 Å². The quantitative estimate of drug-likeness (QED) is 0.0369. The van der Waals surface area contributed by atoms with E-state index in [1.807, 2.05) is 27.7 Å². The lowest BCUT2D eigenvalue weighted by Gasteiger charge is -2.36. The van der Waals surface area contributed by atoms with Crippen molar-refractivity contribution in [2.75, 3.05) is 34.3 Å². The van der Waals surface area contributed by atoms with Crippen molar-refractivity contribution in [2.24, 2.45) is 29.6 Å². The molecule has 1 aromatic rings. The number of carbonyl (C=O) groups excluding carboxylic acids is 10. The minimum atomic E-state index is -1.73. The Kier molecular flexibility index (Phi) is 32.3. The third-order valence-electron chi connectivity index (χ3n) is 18.1. The van der Waals surface area contributed by atoms with Gasteiger partial charge in [0.1, 0.15) is 48.1 Å². The van der Waals surface area contributed by atoms with Gasteiger partial charge in [-0.05, 0) is 100 Å². The van der Waals surface area contributed by atoms with Gasteiger partial charge in [-0.1, -0.05) is 151 Å². The van der Waals surface area contributed by atoms with Gasteiger partial charge in [-0.3, -0.25) is 43.2 Å². The first-order chi connectivity index (χ1) is 42.6. The van der Waals surface area contributed by atoms with Crippen molar-refractivity contribution in [2.45, 2.75) is 278 Å². The van der Waals surface area contributed by atoms with Crippen LogP contribution in [0, 0.1) is 29.6 Å². The fourth-order valence-electron chi connectivity index (χ4n) is 12.6. The van der Waals surface area contributed by atoms with Crippen LogP contribution in [0.4, 0.5) is 0 Å². The molecule has 3 fully saturated rings. The maximum Gasteiger partial charge on any atom is 0.329 e. The topological polar surface area (TPSA) is 268 Å². The van der Waals surface area contributed by atoms with Crippen LogP contribution in [-0.2, 0) is 63.8 Å². The summed E-state index contributed by atoms with van der Waals surface area (Å²) in [4.78, 5) is 151. The molecule has 3 heterocycles.